The molecule has 0 aromatic rings. The lowest BCUT2D eigenvalue weighted by atomic mass is 10.1. The molecular weight excluding hydrogens is 190 g/mol. The van der Waals surface area contributed by atoms with E-state index in [1.807, 2.05) is 6.92 Å². The molecule has 0 spiro atoms. The Morgan fingerprint density at radius 2 is 1.86 bits per heavy atom. The molecule has 0 aromatic carbocycles. The molecule has 0 saturated carbocycles. The minimum atomic E-state index is -1.91. The molecule has 0 aliphatic carbocycles. The summed E-state index contributed by atoms with van der Waals surface area (Å²) in [6.45, 7) is 2.29. The molecule has 6 heteroatoms. The van der Waals surface area contributed by atoms with E-state index in [9.17, 15) is 9.59 Å². The van der Waals surface area contributed by atoms with Crippen LogP contribution in [0.2, 0.25) is 0 Å². The smallest absolute Gasteiger partial charge is 0.334 e. The van der Waals surface area contributed by atoms with Crippen LogP contribution in [-0.2, 0) is 9.59 Å². The van der Waals surface area contributed by atoms with Gasteiger partial charge in [0.2, 0.25) is 0 Å². The van der Waals surface area contributed by atoms with E-state index in [4.69, 9.17) is 15.3 Å². The largest absolute Gasteiger partial charge is 0.480 e. The SMILES string of the molecule is CCCCNC(C(=O)O)C(O)C(=O)O. The Balaban J connectivity index is 4.15. The molecular formula is C8H15NO5. The highest BCUT2D eigenvalue weighted by Crippen LogP contribution is 1.96. The Hall–Kier alpha value is -1.14. The van der Waals surface area contributed by atoms with Gasteiger partial charge in [0.1, 0.15) is 6.04 Å². The molecule has 14 heavy (non-hydrogen) atoms. The highest BCUT2D eigenvalue weighted by atomic mass is 16.4. The molecule has 0 fully saturated rings. The van der Waals surface area contributed by atoms with Crippen molar-refractivity contribution in [1.29, 1.82) is 0 Å². The van der Waals surface area contributed by atoms with Gasteiger partial charge in [-0.15, -0.1) is 0 Å². The normalized spacial score (nSPS) is 14.7. The second-order valence-electron chi connectivity index (χ2n) is 2.91. The van der Waals surface area contributed by atoms with Crippen molar-refractivity contribution in [3.8, 4) is 0 Å². The molecule has 2 unspecified atom stereocenters. The molecule has 2 atom stereocenters. The van der Waals surface area contributed by atoms with Gasteiger partial charge in [-0.1, -0.05) is 13.3 Å². The third kappa shape index (κ3) is 4.20. The number of carbonyl (C=O) groups is 2. The molecule has 0 amide bonds. The molecule has 0 aliphatic rings. The van der Waals surface area contributed by atoms with Crippen LogP contribution in [0.4, 0.5) is 0 Å². The van der Waals surface area contributed by atoms with E-state index in [-0.39, 0.29) is 0 Å². The molecule has 0 saturated heterocycles. The zero-order valence-electron chi connectivity index (χ0n) is 7.93. The first-order valence-corrected chi connectivity index (χ1v) is 4.37. The predicted octanol–water partition coefficient (Wildman–Crippen LogP) is -0.725. The Kier molecular flexibility index (Phi) is 5.82. The monoisotopic (exact) mass is 205 g/mol. The molecule has 0 rings (SSSR count). The first-order valence-electron chi connectivity index (χ1n) is 4.37. The highest BCUT2D eigenvalue weighted by molar-refractivity contribution is 5.84. The second kappa shape index (κ2) is 6.33. The van der Waals surface area contributed by atoms with Crippen molar-refractivity contribution < 1.29 is 24.9 Å². The molecule has 0 heterocycles. The minimum Gasteiger partial charge on any atom is -0.480 e. The van der Waals surface area contributed by atoms with Gasteiger partial charge in [-0.05, 0) is 13.0 Å². The van der Waals surface area contributed by atoms with E-state index in [1.165, 1.54) is 0 Å². The summed E-state index contributed by atoms with van der Waals surface area (Å²) in [6, 6.07) is -1.45. The van der Waals surface area contributed by atoms with Gasteiger partial charge in [0.05, 0.1) is 0 Å². The number of aliphatic hydroxyl groups excluding tert-OH is 1. The number of unbranched alkanes of at least 4 members (excludes halogenated alkanes) is 1. The predicted molar refractivity (Wildman–Crippen MR) is 48.0 cm³/mol. The van der Waals surface area contributed by atoms with Gasteiger partial charge in [0, 0.05) is 0 Å². The fraction of sp³-hybridized carbons (Fsp3) is 0.750. The Morgan fingerprint density at radius 3 is 2.21 bits per heavy atom. The van der Waals surface area contributed by atoms with E-state index in [1.54, 1.807) is 0 Å². The zero-order valence-corrected chi connectivity index (χ0v) is 7.93. The number of carboxylic acid groups (broad SMARTS) is 2. The van der Waals surface area contributed by atoms with Crippen molar-refractivity contribution in [1.82, 2.24) is 5.32 Å². The lowest BCUT2D eigenvalue weighted by molar-refractivity contribution is -0.156. The maximum atomic E-state index is 10.6. The van der Waals surface area contributed by atoms with Crippen LogP contribution >= 0.6 is 0 Å². The van der Waals surface area contributed by atoms with Gasteiger partial charge in [0.25, 0.3) is 0 Å². The summed E-state index contributed by atoms with van der Waals surface area (Å²) in [6.07, 6.45) is -0.317. The highest BCUT2D eigenvalue weighted by Gasteiger charge is 2.31. The molecule has 0 radical (unpaired) electrons. The minimum absolute atomic E-state index is 0.373. The number of nitrogens with one attached hydrogen (secondary N) is 1. The number of aliphatic hydroxyl groups is 1. The van der Waals surface area contributed by atoms with Crippen molar-refractivity contribution in [3.05, 3.63) is 0 Å². The first kappa shape index (κ1) is 12.9. The third-order valence-electron chi connectivity index (χ3n) is 1.73. The van der Waals surface area contributed by atoms with Crippen molar-refractivity contribution in [2.24, 2.45) is 0 Å². The third-order valence-corrected chi connectivity index (χ3v) is 1.73. The van der Waals surface area contributed by atoms with E-state index in [0.29, 0.717) is 6.54 Å². The summed E-state index contributed by atoms with van der Waals surface area (Å²) in [4.78, 5) is 20.9. The maximum Gasteiger partial charge on any atom is 0.334 e. The Bertz CT molecular complexity index is 206. The van der Waals surface area contributed by atoms with Crippen molar-refractivity contribution in [2.75, 3.05) is 6.54 Å². The summed E-state index contributed by atoms with van der Waals surface area (Å²) in [5.74, 6) is -2.91. The number of aliphatic carboxylic acids is 2. The number of hydrogen-bond acceptors (Lipinski definition) is 4. The van der Waals surface area contributed by atoms with Crippen LogP contribution in [-0.4, -0.2) is 45.9 Å². The second-order valence-corrected chi connectivity index (χ2v) is 2.91. The van der Waals surface area contributed by atoms with Crippen LogP contribution in [0.3, 0.4) is 0 Å². The van der Waals surface area contributed by atoms with E-state index < -0.39 is 24.1 Å². The van der Waals surface area contributed by atoms with Gasteiger partial charge in [0.15, 0.2) is 6.10 Å². The molecule has 4 N–H and O–H groups in total. The summed E-state index contributed by atoms with van der Waals surface area (Å²) in [5.41, 5.74) is 0. The zero-order chi connectivity index (χ0) is 11.1. The number of rotatable bonds is 7. The van der Waals surface area contributed by atoms with E-state index in [2.05, 4.69) is 5.32 Å². The van der Waals surface area contributed by atoms with Crippen LogP contribution < -0.4 is 5.32 Å². The van der Waals surface area contributed by atoms with Crippen LogP contribution in [0.25, 0.3) is 0 Å². The van der Waals surface area contributed by atoms with Gasteiger partial charge >= 0.3 is 11.9 Å². The van der Waals surface area contributed by atoms with Crippen LogP contribution in [0.1, 0.15) is 19.8 Å². The van der Waals surface area contributed by atoms with Crippen LogP contribution in [0.5, 0.6) is 0 Å². The van der Waals surface area contributed by atoms with Crippen molar-refractivity contribution >= 4 is 11.9 Å². The van der Waals surface area contributed by atoms with Crippen molar-refractivity contribution in [3.63, 3.8) is 0 Å². The van der Waals surface area contributed by atoms with Crippen molar-refractivity contribution in [2.45, 2.75) is 31.9 Å². The molecule has 0 bridgehead atoms. The van der Waals surface area contributed by atoms with Crippen LogP contribution in [0, 0.1) is 0 Å². The number of hydrogen-bond donors (Lipinski definition) is 4. The average Bonchev–Trinajstić information content (AvgIpc) is 2.10. The van der Waals surface area contributed by atoms with E-state index >= 15 is 0 Å². The van der Waals surface area contributed by atoms with Crippen LogP contribution in [0.15, 0.2) is 0 Å². The Morgan fingerprint density at radius 1 is 1.29 bits per heavy atom. The number of carboxylic acids is 2. The lowest BCUT2D eigenvalue weighted by Gasteiger charge is -2.16. The van der Waals surface area contributed by atoms with Gasteiger partial charge < -0.3 is 20.6 Å². The molecule has 0 aliphatic heterocycles. The maximum absolute atomic E-state index is 10.6. The standard InChI is InChI=1S/C8H15NO5/c1-2-3-4-9-5(7(11)12)6(10)8(13)14/h5-6,9-10H,2-4H2,1H3,(H,11,12)(H,13,14). The fourth-order valence-corrected chi connectivity index (χ4v) is 0.911. The average molecular weight is 205 g/mol. The Labute approximate surface area is 81.5 Å². The molecule has 82 valence electrons. The van der Waals surface area contributed by atoms with Gasteiger partial charge in [-0.25, -0.2) is 4.79 Å². The molecule has 0 aromatic heterocycles. The first-order chi connectivity index (χ1) is 6.50. The van der Waals surface area contributed by atoms with Gasteiger partial charge in [-0.3, -0.25) is 4.79 Å². The summed E-state index contributed by atoms with van der Waals surface area (Å²) in [7, 11) is 0. The topological polar surface area (TPSA) is 107 Å². The summed E-state index contributed by atoms with van der Waals surface area (Å²) >= 11 is 0. The quantitative estimate of drug-likeness (QED) is 0.408. The summed E-state index contributed by atoms with van der Waals surface area (Å²) in [5, 5.41) is 28.5. The molecule has 6 nitrogen and oxygen atoms in total. The van der Waals surface area contributed by atoms with E-state index in [0.717, 1.165) is 12.8 Å². The fourth-order valence-electron chi connectivity index (χ4n) is 0.911. The lowest BCUT2D eigenvalue weighted by Crippen LogP contribution is -2.49. The summed E-state index contributed by atoms with van der Waals surface area (Å²) < 4.78 is 0. The van der Waals surface area contributed by atoms with Gasteiger partial charge in [-0.2, -0.15) is 0 Å².